The van der Waals surface area contributed by atoms with Gasteiger partial charge in [0.15, 0.2) is 0 Å². The highest BCUT2D eigenvalue weighted by Crippen LogP contribution is 2.26. The molecule has 0 saturated heterocycles. The molecule has 4 nitrogen and oxygen atoms in total. The molecule has 2 rings (SSSR count). The molecule has 2 aromatic heterocycles. The number of amides is 1. The van der Waals surface area contributed by atoms with Gasteiger partial charge in [-0.2, -0.15) is 8.78 Å². The SMILES string of the molecule is CC(C)c1nc(CCNC(=O)c2sccc2OC(F)F)cs1. The van der Waals surface area contributed by atoms with Crippen molar-refractivity contribution in [3.05, 3.63) is 32.4 Å². The van der Waals surface area contributed by atoms with Crippen LogP contribution in [0.2, 0.25) is 0 Å². The zero-order chi connectivity index (χ0) is 16.1. The number of rotatable bonds is 7. The first kappa shape index (κ1) is 16.8. The van der Waals surface area contributed by atoms with Gasteiger partial charge in [0.2, 0.25) is 0 Å². The van der Waals surface area contributed by atoms with Crippen LogP contribution in [0.5, 0.6) is 5.75 Å². The van der Waals surface area contributed by atoms with Crippen LogP contribution in [0.3, 0.4) is 0 Å². The number of nitrogens with one attached hydrogen (secondary N) is 1. The fraction of sp³-hybridized carbons (Fsp3) is 0.429. The number of nitrogens with zero attached hydrogens (tertiary/aromatic N) is 1. The van der Waals surface area contributed by atoms with E-state index in [-0.39, 0.29) is 10.6 Å². The zero-order valence-electron chi connectivity index (χ0n) is 12.1. The Labute approximate surface area is 135 Å². The molecule has 2 heterocycles. The summed E-state index contributed by atoms with van der Waals surface area (Å²) in [5, 5.41) is 7.27. The van der Waals surface area contributed by atoms with E-state index in [2.05, 4.69) is 28.9 Å². The molecule has 0 aliphatic heterocycles. The van der Waals surface area contributed by atoms with Gasteiger partial charge >= 0.3 is 6.61 Å². The smallest absolute Gasteiger partial charge is 0.387 e. The summed E-state index contributed by atoms with van der Waals surface area (Å²) in [5.74, 6) is -0.119. The summed E-state index contributed by atoms with van der Waals surface area (Å²) in [5.41, 5.74) is 0.921. The van der Waals surface area contributed by atoms with Gasteiger partial charge in [0.05, 0.1) is 10.7 Å². The van der Waals surface area contributed by atoms with Crippen LogP contribution in [0.25, 0.3) is 0 Å². The van der Waals surface area contributed by atoms with Crippen LogP contribution in [-0.4, -0.2) is 24.0 Å². The van der Waals surface area contributed by atoms with Crippen molar-refractivity contribution in [3.63, 3.8) is 0 Å². The second-order valence-corrected chi connectivity index (χ2v) is 6.64. The summed E-state index contributed by atoms with van der Waals surface area (Å²) in [7, 11) is 0. The van der Waals surface area contributed by atoms with Gasteiger partial charge in [0.25, 0.3) is 5.91 Å². The highest BCUT2D eigenvalue weighted by molar-refractivity contribution is 7.12. The molecule has 0 aliphatic rings. The summed E-state index contributed by atoms with van der Waals surface area (Å²) in [6.45, 7) is 1.61. The van der Waals surface area contributed by atoms with Gasteiger partial charge in [-0.05, 0) is 11.4 Å². The van der Waals surface area contributed by atoms with E-state index in [1.54, 1.807) is 16.7 Å². The lowest BCUT2D eigenvalue weighted by Crippen LogP contribution is -2.25. The molecule has 1 N–H and O–H groups in total. The van der Waals surface area contributed by atoms with Crippen LogP contribution in [0.1, 0.15) is 40.1 Å². The molecule has 0 aromatic carbocycles. The maximum atomic E-state index is 12.2. The van der Waals surface area contributed by atoms with Crippen molar-refractivity contribution in [1.29, 1.82) is 0 Å². The number of thiophene rings is 1. The minimum atomic E-state index is -2.94. The first-order chi connectivity index (χ1) is 10.5. The summed E-state index contributed by atoms with van der Waals surface area (Å²) >= 11 is 2.67. The molecule has 2 aromatic rings. The molecule has 0 radical (unpaired) electrons. The summed E-state index contributed by atoms with van der Waals surface area (Å²) < 4.78 is 28.8. The Balaban J connectivity index is 1.86. The quantitative estimate of drug-likeness (QED) is 0.827. The average Bonchev–Trinajstić information content (AvgIpc) is 3.07. The maximum Gasteiger partial charge on any atom is 0.387 e. The lowest BCUT2D eigenvalue weighted by Gasteiger charge is -2.06. The molecule has 0 unspecified atom stereocenters. The zero-order valence-corrected chi connectivity index (χ0v) is 13.8. The number of hydrogen-bond acceptors (Lipinski definition) is 5. The van der Waals surface area contributed by atoms with Crippen molar-refractivity contribution < 1.29 is 18.3 Å². The van der Waals surface area contributed by atoms with Gasteiger partial charge in [0, 0.05) is 24.3 Å². The monoisotopic (exact) mass is 346 g/mol. The second-order valence-electron chi connectivity index (χ2n) is 4.83. The molecule has 0 fully saturated rings. The lowest BCUT2D eigenvalue weighted by molar-refractivity contribution is -0.0498. The number of halogens is 2. The van der Waals surface area contributed by atoms with E-state index >= 15 is 0 Å². The van der Waals surface area contributed by atoms with Crippen molar-refractivity contribution in [1.82, 2.24) is 10.3 Å². The van der Waals surface area contributed by atoms with Gasteiger partial charge < -0.3 is 10.1 Å². The van der Waals surface area contributed by atoms with Crippen molar-refractivity contribution in [2.24, 2.45) is 0 Å². The van der Waals surface area contributed by atoms with E-state index in [0.717, 1.165) is 22.0 Å². The normalized spacial score (nSPS) is 11.2. The van der Waals surface area contributed by atoms with Crippen LogP contribution >= 0.6 is 22.7 Å². The number of carbonyl (C=O) groups is 1. The Morgan fingerprint density at radius 1 is 1.41 bits per heavy atom. The Morgan fingerprint density at radius 3 is 2.82 bits per heavy atom. The molecule has 1 amide bonds. The third kappa shape index (κ3) is 4.48. The minimum absolute atomic E-state index is 0.0896. The van der Waals surface area contributed by atoms with Crippen molar-refractivity contribution in [2.75, 3.05) is 6.54 Å². The van der Waals surface area contributed by atoms with Gasteiger partial charge in [0.1, 0.15) is 10.6 Å². The maximum absolute atomic E-state index is 12.2. The summed E-state index contributed by atoms with van der Waals surface area (Å²) in [6.07, 6.45) is 0.603. The fourth-order valence-corrected chi connectivity index (χ4v) is 3.35. The van der Waals surface area contributed by atoms with Gasteiger partial charge in [-0.15, -0.1) is 22.7 Å². The Kier molecular flexibility index (Phi) is 5.84. The van der Waals surface area contributed by atoms with Crippen LogP contribution in [0, 0.1) is 0 Å². The van der Waals surface area contributed by atoms with Crippen molar-refractivity contribution in [2.45, 2.75) is 32.8 Å². The highest BCUT2D eigenvalue weighted by Gasteiger charge is 2.17. The van der Waals surface area contributed by atoms with E-state index in [1.165, 1.54) is 6.07 Å². The molecule has 0 spiro atoms. The number of ether oxygens (including phenoxy) is 1. The predicted octanol–water partition coefficient (Wildman–Crippen LogP) is 3.90. The summed E-state index contributed by atoms with van der Waals surface area (Å²) in [4.78, 5) is 16.6. The molecule has 0 saturated carbocycles. The number of carbonyl (C=O) groups excluding carboxylic acids is 1. The fourth-order valence-electron chi connectivity index (χ4n) is 1.74. The van der Waals surface area contributed by atoms with E-state index < -0.39 is 12.5 Å². The van der Waals surface area contributed by atoms with Crippen molar-refractivity contribution in [3.8, 4) is 5.75 Å². The lowest BCUT2D eigenvalue weighted by atomic mass is 10.2. The minimum Gasteiger partial charge on any atom is -0.433 e. The third-order valence-electron chi connectivity index (χ3n) is 2.78. The van der Waals surface area contributed by atoms with Crippen LogP contribution in [-0.2, 0) is 6.42 Å². The summed E-state index contributed by atoms with van der Waals surface area (Å²) in [6, 6.07) is 1.36. The van der Waals surface area contributed by atoms with Gasteiger partial charge in [-0.1, -0.05) is 13.8 Å². The first-order valence-electron chi connectivity index (χ1n) is 6.72. The van der Waals surface area contributed by atoms with Crippen LogP contribution in [0.15, 0.2) is 16.8 Å². The van der Waals surface area contributed by atoms with E-state index in [1.807, 2.05) is 5.38 Å². The standard InChI is InChI=1S/C14H16F2N2O2S2/c1-8(2)13-18-9(7-22-13)3-5-17-12(19)11-10(4-6-21-11)20-14(15)16/h4,6-8,14H,3,5H2,1-2H3,(H,17,19). The highest BCUT2D eigenvalue weighted by atomic mass is 32.1. The topological polar surface area (TPSA) is 51.2 Å². The largest absolute Gasteiger partial charge is 0.433 e. The Hall–Kier alpha value is -1.54. The van der Waals surface area contributed by atoms with Crippen LogP contribution < -0.4 is 10.1 Å². The van der Waals surface area contributed by atoms with E-state index in [0.29, 0.717) is 18.9 Å². The van der Waals surface area contributed by atoms with E-state index in [9.17, 15) is 13.6 Å². The van der Waals surface area contributed by atoms with Gasteiger partial charge in [-0.3, -0.25) is 4.79 Å². The molecule has 0 atom stereocenters. The molecule has 8 heteroatoms. The number of thiazole rings is 1. The molecular formula is C14H16F2N2O2S2. The predicted molar refractivity (Wildman–Crippen MR) is 83.2 cm³/mol. The molecule has 22 heavy (non-hydrogen) atoms. The second kappa shape index (κ2) is 7.64. The first-order valence-corrected chi connectivity index (χ1v) is 8.48. The average molecular weight is 346 g/mol. The number of hydrogen-bond donors (Lipinski definition) is 1. The van der Waals surface area contributed by atoms with E-state index in [4.69, 9.17) is 0 Å². The van der Waals surface area contributed by atoms with Crippen LogP contribution in [0.4, 0.5) is 8.78 Å². The molecule has 0 aliphatic carbocycles. The number of alkyl halides is 2. The molecular weight excluding hydrogens is 330 g/mol. The number of aromatic nitrogens is 1. The third-order valence-corrected chi connectivity index (χ3v) is 4.87. The molecule has 0 bridgehead atoms. The van der Waals surface area contributed by atoms with Gasteiger partial charge in [-0.25, -0.2) is 4.98 Å². The Morgan fingerprint density at radius 2 is 2.18 bits per heavy atom. The molecule has 120 valence electrons. The van der Waals surface area contributed by atoms with Crippen molar-refractivity contribution >= 4 is 28.6 Å². The Bertz CT molecular complexity index is 626.